The SMILES string of the molecule is CCN(CC)c1ccc(C)c(C(C=C(c2ccc(CC(C(=O)O)C(=O)O)cc2)c2cccs2)c2cc(N(CC)CC)ccc2C)c1. The molecule has 0 amide bonds. The molecule has 0 atom stereocenters. The molecule has 0 aliphatic carbocycles. The maximum atomic E-state index is 11.5. The molecule has 0 spiro atoms. The van der Waals surface area contributed by atoms with Gasteiger partial charge in [-0.05, 0) is 123 Å². The molecule has 2 N–H and O–H groups in total. The monoisotopic (exact) mass is 638 g/mol. The van der Waals surface area contributed by atoms with Crippen LogP contribution >= 0.6 is 11.3 Å². The lowest BCUT2D eigenvalue weighted by Gasteiger charge is -2.27. The third-order valence-electron chi connectivity index (χ3n) is 8.87. The summed E-state index contributed by atoms with van der Waals surface area (Å²) in [5.41, 5.74) is 10.1. The van der Waals surface area contributed by atoms with Gasteiger partial charge in [0.25, 0.3) is 0 Å². The molecular formula is C39H46N2O4S. The van der Waals surface area contributed by atoms with Gasteiger partial charge in [-0.1, -0.05) is 48.5 Å². The molecular weight excluding hydrogens is 593 g/mol. The topological polar surface area (TPSA) is 81.1 Å². The molecule has 0 bridgehead atoms. The second-order valence-corrected chi connectivity index (χ2v) is 12.5. The first-order chi connectivity index (χ1) is 22.1. The first kappa shape index (κ1) is 34.5. The average molecular weight is 639 g/mol. The largest absolute Gasteiger partial charge is 0.481 e. The summed E-state index contributed by atoms with van der Waals surface area (Å²) in [4.78, 5) is 29.0. The molecule has 3 aromatic carbocycles. The van der Waals surface area contributed by atoms with Crippen LogP contribution in [0.4, 0.5) is 11.4 Å². The van der Waals surface area contributed by atoms with E-state index in [9.17, 15) is 19.8 Å². The number of allylic oxidation sites excluding steroid dienone is 1. The Labute approximate surface area is 277 Å². The molecule has 4 aromatic rings. The van der Waals surface area contributed by atoms with Crippen LogP contribution in [0.5, 0.6) is 0 Å². The molecule has 0 unspecified atom stereocenters. The van der Waals surface area contributed by atoms with E-state index in [1.807, 2.05) is 24.3 Å². The maximum absolute atomic E-state index is 11.5. The number of anilines is 2. The highest BCUT2D eigenvalue weighted by atomic mass is 32.1. The minimum Gasteiger partial charge on any atom is -0.481 e. The zero-order valence-electron chi connectivity index (χ0n) is 27.8. The summed E-state index contributed by atoms with van der Waals surface area (Å²) < 4.78 is 0. The normalized spacial score (nSPS) is 11.7. The Morgan fingerprint density at radius 1 is 0.739 bits per heavy atom. The van der Waals surface area contributed by atoms with Crippen LogP contribution in [-0.2, 0) is 16.0 Å². The average Bonchev–Trinajstić information content (AvgIpc) is 3.58. The predicted octanol–water partition coefficient (Wildman–Crippen LogP) is 8.65. The molecule has 0 fully saturated rings. The number of rotatable bonds is 15. The fourth-order valence-electron chi connectivity index (χ4n) is 6.10. The summed E-state index contributed by atoms with van der Waals surface area (Å²) in [6.45, 7) is 16.8. The van der Waals surface area contributed by atoms with Crippen LogP contribution in [-0.4, -0.2) is 48.3 Å². The van der Waals surface area contributed by atoms with E-state index in [0.717, 1.165) is 42.2 Å². The third kappa shape index (κ3) is 7.88. The second-order valence-electron chi connectivity index (χ2n) is 11.6. The van der Waals surface area contributed by atoms with Crippen LogP contribution in [0.15, 0.2) is 84.3 Å². The summed E-state index contributed by atoms with van der Waals surface area (Å²) in [6.07, 6.45) is 2.31. The molecule has 0 aliphatic heterocycles. The van der Waals surface area contributed by atoms with Crippen LogP contribution < -0.4 is 9.80 Å². The molecule has 0 aliphatic rings. The van der Waals surface area contributed by atoms with E-state index < -0.39 is 17.9 Å². The van der Waals surface area contributed by atoms with Gasteiger partial charge in [-0.2, -0.15) is 0 Å². The van der Waals surface area contributed by atoms with Crippen molar-refractivity contribution in [3.05, 3.63) is 123 Å². The Bertz CT molecular complexity index is 1580. The van der Waals surface area contributed by atoms with Gasteiger partial charge in [0, 0.05) is 48.3 Å². The van der Waals surface area contributed by atoms with Gasteiger partial charge in [0.15, 0.2) is 5.92 Å². The smallest absolute Gasteiger partial charge is 0.318 e. The van der Waals surface area contributed by atoms with Gasteiger partial charge in [0.05, 0.1) is 0 Å². The predicted molar refractivity (Wildman–Crippen MR) is 192 cm³/mol. The number of benzene rings is 3. The number of hydrogen-bond acceptors (Lipinski definition) is 5. The lowest BCUT2D eigenvalue weighted by Crippen LogP contribution is -2.25. The Kier molecular flexibility index (Phi) is 11.8. The van der Waals surface area contributed by atoms with Gasteiger partial charge < -0.3 is 20.0 Å². The van der Waals surface area contributed by atoms with E-state index in [1.54, 1.807) is 11.3 Å². The Hall–Kier alpha value is -4.36. The van der Waals surface area contributed by atoms with Crippen molar-refractivity contribution in [3.8, 4) is 0 Å². The van der Waals surface area contributed by atoms with Crippen molar-refractivity contribution in [2.75, 3.05) is 36.0 Å². The molecule has 0 radical (unpaired) electrons. The zero-order valence-corrected chi connectivity index (χ0v) is 28.6. The molecule has 0 saturated heterocycles. The highest BCUT2D eigenvalue weighted by Crippen LogP contribution is 2.39. The van der Waals surface area contributed by atoms with Crippen LogP contribution in [0.25, 0.3) is 5.57 Å². The van der Waals surface area contributed by atoms with Gasteiger partial charge in [-0.3, -0.25) is 9.59 Å². The van der Waals surface area contributed by atoms with Crippen molar-refractivity contribution in [2.24, 2.45) is 5.92 Å². The van der Waals surface area contributed by atoms with Crippen LogP contribution in [0.3, 0.4) is 0 Å². The molecule has 46 heavy (non-hydrogen) atoms. The first-order valence-corrected chi connectivity index (χ1v) is 17.0. The second kappa shape index (κ2) is 15.8. The highest BCUT2D eigenvalue weighted by Gasteiger charge is 2.26. The highest BCUT2D eigenvalue weighted by molar-refractivity contribution is 7.11. The van der Waals surface area contributed by atoms with E-state index in [0.29, 0.717) is 5.56 Å². The van der Waals surface area contributed by atoms with Gasteiger partial charge in [-0.15, -0.1) is 11.3 Å². The van der Waals surface area contributed by atoms with Gasteiger partial charge in [-0.25, -0.2) is 0 Å². The van der Waals surface area contributed by atoms with E-state index in [4.69, 9.17) is 0 Å². The van der Waals surface area contributed by atoms with E-state index in [-0.39, 0.29) is 12.3 Å². The number of aliphatic carboxylic acids is 2. The van der Waals surface area contributed by atoms with Crippen molar-refractivity contribution in [3.63, 3.8) is 0 Å². The number of carbonyl (C=O) groups is 2. The Morgan fingerprint density at radius 3 is 1.65 bits per heavy atom. The molecule has 242 valence electrons. The minimum atomic E-state index is -1.48. The number of nitrogens with zero attached hydrogens (tertiary/aromatic N) is 2. The van der Waals surface area contributed by atoms with Crippen molar-refractivity contribution < 1.29 is 19.8 Å². The summed E-state index contributed by atoms with van der Waals surface area (Å²) in [5.74, 6) is -4.19. The van der Waals surface area contributed by atoms with Gasteiger partial charge in [0.2, 0.25) is 0 Å². The molecule has 1 aromatic heterocycles. The summed E-state index contributed by atoms with van der Waals surface area (Å²) in [5, 5.41) is 20.9. The summed E-state index contributed by atoms with van der Waals surface area (Å²) in [7, 11) is 0. The van der Waals surface area contributed by atoms with Crippen molar-refractivity contribution >= 4 is 40.2 Å². The fourth-order valence-corrected chi connectivity index (χ4v) is 6.87. The number of aryl methyl sites for hydroxylation is 2. The molecule has 4 rings (SSSR count). The number of thiophene rings is 1. The Balaban J connectivity index is 1.94. The summed E-state index contributed by atoms with van der Waals surface area (Å²) >= 11 is 1.68. The maximum Gasteiger partial charge on any atom is 0.318 e. The standard InChI is InChI=1S/C39H46N2O4S/c1-7-40(8-2)30-19-13-26(5)32(23-30)35(33-24-31(20-14-27(33)6)41(9-3)10-4)25-34(37-12-11-21-46-37)29-17-15-28(16-18-29)22-36(38(42)43)39(44)45/h11-21,23-25,35-36H,7-10,22H2,1-6H3,(H,42,43)(H,44,45). The third-order valence-corrected chi connectivity index (χ3v) is 9.78. The molecule has 0 saturated carbocycles. The first-order valence-electron chi connectivity index (χ1n) is 16.1. The van der Waals surface area contributed by atoms with Crippen LogP contribution in [0, 0.1) is 19.8 Å². The van der Waals surface area contributed by atoms with Crippen molar-refractivity contribution in [2.45, 2.75) is 53.9 Å². The molecule has 7 heteroatoms. The lowest BCUT2D eigenvalue weighted by molar-refractivity contribution is -0.154. The summed E-state index contributed by atoms with van der Waals surface area (Å²) in [6, 6.07) is 25.4. The van der Waals surface area contributed by atoms with Gasteiger partial charge >= 0.3 is 11.9 Å². The zero-order chi connectivity index (χ0) is 33.4. The molecule has 1 heterocycles. The number of carboxylic acid groups (broad SMARTS) is 2. The van der Waals surface area contributed by atoms with Crippen LogP contribution in [0.1, 0.15) is 71.9 Å². The number of hydrogen-bond donors (Lipinski definition) is 2. The van der Waals surface area contributed by atoms with Gasteiger partial charge in [0.1, 0.15) is 0 Å². The van der Waals surface area contributed by atoms with E-state index >= 15 is 0 Å². The van der Waals surface area contributed by atoms with E-state index in [2.05, 4.69) is 111 Å². The number of carboxylic acids is 2. The quantitative estimate of drug-likeness (QED) is 0.127. The van der Waals surface area contributed by atoms with E-state index in [1.165, 1.54) is 33.6 Å². The molecule has 6 nitrogen and oxygen atoms in total. The Morgan fingerprint density at radius 2 is 1.24 bits per heavy atom. The fraction of sp³-hybridized carbons (Fsp3) is 0.333. The lowest BCUT2D eigenvalue weighted by atomic mass is 9.83. The van der Waals surface area contributed by atoms with Crippen molar-refractivity contribution in [1.29, 1.82) is 0 Å². The minimum absolute atomic E-state index is 0.0498. The van der Waals surface area contributed by atoms with Crippen molar-refractivity contribution in [1.82, 2.24) is 0 Å². The van der Waals surface area contributed by atoms with Crippen LogP contribution in [0.2, 0.25) is 0 Å².